The van der Waals surface area contributed by atoms with E-state index in [0.717, 1.165) is 17.5 Å². The van der Waals surface area contributed by atoms with E-state index in [2.05, 4.69) is 15.6 Å². The number of carbonyl (C=O) groups excluding carboxylic acids is 2. The lowest BCUT2D eigenvalue weighted by molar-refractivity contribution is -0.143. The Labute approximate surface area is 216 Å². The monoisotopic (exact) mass is 503 g/mol. The SMILES string of the molecule is CCC(C)(C)NC(=O)[C@H](c1ccc(C)o1)N(Cc1ccc(OC)cc1)C(=O)Cn1nnc2ccccc21. The first-order chi connectivity index (χ1) is 17.7. The summed E-state index contributed by atoms with van der Waals surface area (Å²) in [5.41, 5.74) is 1.81. The number of fused-ring (bicyclic) bond motifs is 1. The smallest absolute Gasteiger partial charge is 0.251 e. The van der Waals surface area contributed by atoms with Crippen LogP contribution in [0.15, 0.2) is 65.1 Å². The van der Waals surface area contributed by atoms with Gasteiger partial charge in [-0.2, -0.15) is 0 Å². The summed E-state index contributed by atoms with van der Waals surface area (Å²) in [6.45, 7) is 7.81. The molecule has 0 spiro atoms. The molecule has 37 heavy (non-hydrogen) atoms. The first-order valence-corrected chi connectivity index (χ1v) is 12.3. The molecule has 0 fully saturated rings. The summed E-state index contributed by atoms with van der Waals surface area (Å²) in [7, 11) is 1.60. The Kier molecular flexibility index (Phi) is 7.61. The van der Waals surface area contributed by atoms with Gasteiger partial charge in [-0.15, -0.1) is 5.10 Å². The molecule has 0 aliphatic carbocycles. The molecule has 0 aliphatic heterocycles. The zero-order valence-corrected chi connectivity index (χ0v) is 21.9. The number of benzene rings is 2. The Morgan fingerprint density at radius 2 is 1.84 bits per heavy atom. The summed E-state index contributed by atoms with van der Waals surface area (Å²) in [4.78, 5) is 29.2. The van der Waals surface area contributed by atoms with Gasteiger partial charge in [-0.1, -0.05) is 36.4 Å². The normalized spacial score (nSPS) is 12.4. The third-order valence-corrected chi connectivity index (χ3v) is 6.47. The number of carbonyl (C=O) groups is 2. The van der Waals surface area contributed by atoms with E-state index in [1.165, 1.54) is 4.90 Å². The van der Waals surface area contributed by atoms with E-state index in [9.17, 15) is 9.59 Å². The molecular weight excluding hydrogens is 470 g/mol. The van der Waals surface area contributed by atoms with Gasteiger partial charge in [0.25, 0.3) is 5.91 Å². The summed E-state index contributed by atoms with van der Waals surface area (Å²) < 4.78 is 12.7. The maximum absolute atomic E-state index is 13.9. The average molecular weight is 504 g/mol. The number of nitrogens with one attached hydrogen (secondary N) is 1. The number of aryl methyl sites for hydroxylation is 1. The molecule has 9 heteroatoms. The van der Waals surface area contributed by atoms with Gasteiger partial charge in [0, 0.05) is 12.1 Å². The molecule has 2 aromatic heterocycles. The third kappa shape index (κ3) is 5.99. The van der Waals surface area contributed by atoms with Crippen molar-refractivity contribution in [1.29, 1.82) is 0 Å². The van der Waals surface area contributed by atoms with Gasteiger partial charge in [-0.25, -0.2) is 4.68 Å². The number of rotatable bonds is 10. The lowest BCUT2D eigenvalue weighted by Crippen LogP contribution is -2.50. The van der Waals surface area contributed by atoms with E-state index < -0.39 is 11.6 Å². The molecule has 9 nitrogen and oxygen atoms in total. The first kappa shape index (κ1) is 25.9. The zero-order chi connectivity index (χ0) is 26.6. The Balaban J connectivity index is 1.74. The second-order valence-electron chi connectivity index (χ2n) is 9.68. The quantitative estimate of drug-likeness (QED) is 0.344. The number of hydrogen-bond donors (Lipinski definition) is 1. The average Bonchev–Trinajstić information content (AvgIpc) is 3.50. The van der Waals surface area contributed by atoms with Gasteiger partial charge < -0.3 is 19.4 Å². The van der Waals surface area contributed by atoms with E-state index in [1.54, 1.807) is 23.9 Å². The minimum Gasteiger partial charge on any atom is -0.497 e. The Hall–Kier alpha value is -4.14. The molecular formula is C28H33N5O4. The molecule has 0 radical (unpaired) electrons. The summed E-state index contributed by atoms with van der Waals surface area (Å²) >= 11 is 0. The van der Waals surface area contributed by atoms with Crippen molar-refractivity contribution in [2.24, 2.45) is 0 Å². The van der Waals surface area contributed by atoms with Crippen LogP contribution in [0.5, 0.6) is 5.75 Å². The summed E-state index contributed by atoms with van der Waals surface area (Å²) in [6.07, 6.45) is 0.722. The predicted molar refractivity (Wildman–Crippen MR) is 140 cm³/mol. The minimum absolute atomic E-state index is 0.0860. The summed E-state index contributed by atoms with van der Waals surface area (Å²) in [5, 5.41) is 11.4. The topological polar surface area (TPSA) is 102 Å². The van der Waals surface area contributed by atoms with Crippen LogP contribution in [-0.2, 0) is 22.7 Å². The van der Waals surface area contributed by atoms with E-state index in [1.807, 2.05) is 76.2 Å². The second-order valence-corrected chi connectivity index (χ2v) is 9.68. The van der Waals surface area contributed by atoms with Crippen LogP contribution < -0.4 is 10.1 Å². The van der Waals surface area contributed by atoms with Crippen molar-refractivity contribution in [1.82, 2.24) is 25.2 Å². The molecule has 1 N–H and O–H groups in total. The van der Waals surface area contributed by atoms with Crippen molar-refractivity contribution in [3.05, 3.63) is 77.7 Å². The Morgan fingerprint density at radius 1 is 1.11 bits per heavy atom. The number of furan rings is 1. The van der Waals surface area contributed by atoms with Crippen molar-refractivity contribution in [3.63, 3.8) is 0 Å². The number of nitrogens with zero attached hydrogens (tertiary/aromatic N) is 4. The molecule has 2 aromatic carbocycles. The molecule has 4 aromatic rings. The highest BCUT2D eigenvalue weighted by Gasteiger charge is 2.36. The standard InChI is InChI=1S/C28H33N5O4/c1-6-28(3,4)29-27(35)26(24-16-11-19(2)37-24)32(17-20-12-14-21(36-5)15-13-20)25(34)18-33-23-10-8-7-9-22(23)30-31-33/h7-16,26H,6,17-18H2,1-5H3,(H,29,35)/t26-/m0/s1. The van der Waals surface area contributed by atoms with Crippen LogP contribution in [0.2, 0.25) is 0 Å². The van der Waals surface area contributed by atoms with Crippen molar-refractivity contribution < 1.29 is 18.7 Å². The molecule has 0 aliphatic rings. The molecule has 0 unspecified atom stereocenters. The van der Waals surface area contributed by atoms with Crippen LogP contribution in [-0.4, -0.2) is 44.4 Å². The van der Waals surface area contributed by atoms with E-state index in [-0.39, 0.29) is 24.9 Å². The van der Waals surface area contributed by atoms with Crippen LogP contribution in [0, 0.1) is 6.92 Å². The molecule has 2 amide bonds. The van der Waals surface area contributed by atoms with Gasteiger partial charge in [0.05, 0.1) is 12.6 Å². The van der Waals surface area contributed by atoms with Gasteiger partial charge >= 0.3 is 0 Å². The maximum Gasteiger partial charge on any atom is 0.251 e. The molecule has 0 saturated carbocycles. The first-order valence-electron chi connectivity index (χ1n) is 12.3. The highest BCUT2D eigenvalue weighted by Crippen LogP contribution is 2.28. The number of hydrogen-bond acceptors (Lipinski definition) is 6. The molecule has 4 rings (SSSR count). The fourth-order valence-corrected chi connectivity index (χ4v) is 4.02. The lowest BCUT2D eigenvalue weighted by atomic mass is 10.0. The molecule has 1 atom stereocenters. The number of aromatic nitrogens is 3. The van der Waals surface area contributed by atoms with Crippen LogP contribution in [0.1, 0.15) is 50.3 Å². The molecule has 0 saturated heterocycles. The van der Waals surface area contributed by atoms with Gasteiger partial charge in [-0.3, -0.25) is 9.59 Å². The predicted octanol–water partition coefficient (Wildman–Crippen LogP) is 4.42. The van der Waals surface area contributed by atoms with E-state index >= 15 is 0 Å². The van der Waals surface area contributed by atoms with Crippen LogP contribution in [0.25, 0.3) is 11.0 Å². The highest BCUT2D eigenvalue weighted by atomic mass is 16.5. The third-order valence-electron chi connectivity index (χ3n) is 6.47. The van der Waals surface area contributed by atoms with E-state index in [0.29, 0.717) is 22.8 Å². The molecule has 2 heterocycles. The van der Waals surface area contributed by atoms with Crippen LogP contribution in [0.3, 0.4) is 0 Å². The highest BCUT2D eigenvalue weighted by molar-refractivity contribution is 5.89. The van der Waals surface area contributed by atoms with Crippen LogP contribution >= 0.6 is 0 Å². The van der Waals surface area contributed by atoms with Gasteiger partial charge in [-0.05, 0) is 69.2 Å². The van der Waals surface area contributed by atoms with Crippen LogP contribution in [0.4, 0.5) is 0 Å². The fraction of sp³-hybridized carbons (Fsp3) is 0.357. The maximum atomic E-state index is 13.9. The largest absolute Gasteiger partial charge is 0.497 e. The number of ether oxygens (including phenoxy) is 1. The number of methoxy groups -OCH3 is 1. The van der Waals surface area contributed by atoms with Gasteiger partial charge in [0.1, 0.15) is 29.3 Å². The molecule has 0 bridgehead atoms. The second kappa shape index (κ2) is 10.9. The van der Waals surface area contributed by atoms with Crippen molar-refractivity contribution in [2.75, 3.05) is 7.11 Å². The van der Waals surface area contributed by atoms with Gasteiger partial charge in [0.15, 0.2) is 6.04 Å². The van der Waals surface area contributed by atoms with Gasteiger partial charge in [0.2, 0.25) is 5.91 Å². The number of amides is 2. The van der Waals surface area contributed by atoms with Crippen molar-refractivity contribution in [2.45, 2.75) is 58.8 Å². The van der Waals surface area contributed by atoms with E-state index in [4.69, 9.17) is 9.15 Å². The Morgan fingerprint density at radius 3 is 2.49 bits per heavy atom. The number of para-hydroxylation sites is 1. The van der Waals surface area contributed by atoms with Crippen molar-refractivity contribution >= 4 is 22.8 Å². The zero-order valence-electron chi connectivity index (χ0n) is 21.9. The summed E-state index contributed by atoms with van der Waals surface area (Å²) in [5.74, 6) is 1.15. The van der Waals surface area contributed by atoms with Crippen molar-refractivity contribution in [3.8, 4) is 5.75 Å². The molecule has 194 valence electrons. The fourth-order valence-electron chi connectivity index (χ4n) is 4.02. The summed E-state index contributed by atoms with van der Waals surface area (Å²) in [6, 6.07) is 17.4. The lowest BCUT2D eigenvalue weighted by Gasteiger charge is -2.33. The Bertz CT molecular complexity index is 1370. The minimum atomic E-state index is -0.982.